The molecule has 6 unspecified atom stereocenters. The summed E-state index contributed by atoms with van der Waals surface area (Å²) >= 11 is 17.4. The summed E-state index contributed by atoms with van der Waals surface area (Å²) in [6.45, 7) is 1.99. The second-order valence-corrected chi connectivity index (χ2v) is 11.1. The number of ether oxygens (including phenoxy) is 1. The molecule has 4 aliphatic rings. The first-order valence-corrected chi connectivity index (χ1v) is 13.2. The van der Waals surface area contributed by atoms with Gasteiger partial charge in [-0.1, -0.05) is 33.6 Å². The van der Waals surface area contributed by atoms with E-state index in [0.29, 0.717) is 17.6 Å². The van der Waals surface area contributed by atoms with Crippen LogP contribution < -0.4 is 4.74 Å². The molecule has 4 amide bonds. The van der Waals surface area contributed by atoms with Gasteiger partial charge in [-0.3, -0.25) is 29.0 Å². The topological polar surface area (TPSA) is 104 Å². The first-order chi connectivity index (χ1) is 16.6. The molecule has 1 N–H and O–H groups in total. The van der Waals surface area contributed by atoms with E-state index in [9.17, 15) is 24.3 Å². The number of amides is 4. The molecule has 2 heterocycles. The third kappa shape index (κ3) is 2.98. The van der Waals surface area contributed by atoms with Gasteiger partial charge in [0.1, 0.15) is 0 Å². The fourth-order valence-corrected chi connectivity index (χ4v) is 7.82. The van der Waals surface area contributed by atoms with Crippen molar-refractivity contribution in [2.24, 2.45) is 17.8 Å². The first kappa shape index (κ1) is 24.6. The number of carbonyl (C=O) groups is 4. The Balaban J connectivity index is 1.73. The molecule has 2 aliphatic carbocycles. The third-order valence-corrected chi connectivity index (χ3v) is 9.87. The van der Waals surface area contributed by atoms with Gasteiger partial charge >= 0.3 is 0 Å². The number of benzene rings is 1. The smallest absolute Gasteiger partial charge is 0.254 e. The van der Waals surface area contributed by atoms with Crippen molar-refractivity contribution in [3.05, 3.63) is 35.4 Å². The first-order valence-electron chi connectivity index (χ1n) is 11.3. The lowest BCUT2D eigenvalue weighted by atomic mass is 9.56. The van der Waals surface area contributed by atoms with E-state index in [1.807, 2.05) is 6.08 Å². The summed E-state index contributed by atoms with van der Waals surface area (Å²) < 4.78 is 5.16. The van der Waals surface area contributed by atoms with Crippen LogP contribution in [0.3, 0.4) is 0 Å². The number of nitrogens with zero attached hydrogens (tertiary/aromatic N) is 2. The zero-order chi connectivity index (χ0) is 25.4. The van der Waals surface area contributed by atoms with E-state index in [0.717, 1.165) is 4.90 Å². The lowest BCUT2D eigenvalue weighted by Crippen LogP contribution is -2.60. The van der Waals surface area contributed by atoms with Crippen LogP contribution in [0.1, 0.15) is 31.2 Å². The number of hydrogen-bond acceptors (Lipinski definition) is 6. The van der Waals surface area contributed by atoms with Crippen molar-refractivity contribution in [3.63, 3.8) is 0 Å². The van der Waals surface area contributed by atoms with E-state index >= 15 is 0 Å². The van der Waals surface area contributed by atoms with Crippen LogP contribution >= 0.6 is 39.1 Å². The predicted octanol–water partition coefficient (Wildman–Crippen LogP) is 3.13. The van der Waals surface area contributed by atoms with Crippen molar-refractivity contribution in [1.29, 1.82) is 0 Å². The van der Waals surface area contributed by atoms with Gasteiger partial charge in [0.15, 0.2) is 21.2 Å². The molecule has 0 radical (unpaired) electrons. The maximum Gasteiger partial charge on any atom is 0.254 e. The summed E-state index contributed by atoms with van der Waals surface area (Å²) in [5.74, 6) is -4.52. The Kier molecular flexibility index (Phi) is 5.77. The molecule has 6 atom stereocenters. The fraction of sp³-hybridized carbons (Fsp3) is 0.500. The Morgan fingerprint density at radius 1 is 1.11 bits per heavy atom. The van der Waals surface area contributed by atoms with E-state index in [4.69, 9.17) is 27.9 Å². The largest absolute Gasteiger partial charge is 0.504 e. The molecule has 0 bridgehead atoms. The van der Waals surface area contributed by atoms with Crippen LogP contribution in [0.25, 0.3) is 0 Å². The van der Waals surface area contributed by atoms with Crippen molar-refractivity contribution < 1.29 is 29.0 Å². The molecule has 1 aromatic carbocycles. The number of halogens is 3. The molecule has 35 heavy (non-hydrogen) atoms. The minimum atomic E-state index is -1.90. The Labute approximate surface area is 220 Å². The Morgan fingerprint density at radius 2 is 1.83 bits per heavy atom. The number of rotatable bonds is 4. The van der Waals surface area contributed by atoms with E-state index in [1.54, 1.807) is 19.1 Å². The van der Waals surface area contributed by atoms with Crippen LogP contribution in [-0.4, -0.2) is 67.4 Å². The highest BCUT2D eigenvalue weighted by Crippen LogP contribution is 2.65. The fourth-order valence-electron chi connectivity index (χ4n) is 6.39. The summed E-state index contributed by atoms with van der Waals surface area (Å²) in [5.41, 5.74) is 1.04. The SMILES string of the molecule is CCN1C(=O)C2CC=C3C(CC4(Cl)C(=O)N(CBr)C(=O)C4(Cl)C3c3ccc(OC)c(O)c3)C2C1=O. The quantitative estimate of drug-likeness (QED) is 0.252. The monoisotopic (exact) mass is 584 g/mol. The Hall–Kier alpha value is -2.10. The number of carbonyl (C=O) groups excluding carboxylic acids is 4. The van der Waals surface area contributed by atoms with Crippen molar-refractivity contribution in [1.82, 2.24) is 9.80 Å². The molecule has 3 fully saturated rings. The van der Waals surface area contributed by atoms with Gasteiger partial charge in [0.25, 0.3) is 11.8 Å². The van der Waals surface area contributed by atoms with Gasteiger partial charge in [-0.25, -0.2) is 0 Å². The van der Waals surface area contributed by atoms with Crippen LogP contribution in [0.2, 0.25) is 0 Å². The molecule has 186 valence electrons. The molecule has 1 aromatic rings. The molecule has 8 nitrogen and oxygen atoms in total. The van der Waals surface area contributed by atoms with E-state index in [1.165, 1.54) is 18.1 Å². The number of hydrogen-bond donors (Lipinski definition) is 1. The van der Waals surface area contributed by atoms with Gasteiger partial charge < -0.3 is 9.84 Å². The van der Waals surface area contributed by atoms with Gasteiger partial charge in [0.05, 0.1) is 24.4 Å². The highest BCUT2D eigenvalue weighted by molar-refractivity contribution is 9.09. The normalized spacial score (nSPS) is 36.2. The molecule has 2 saturated heterocycles. The van der Waals surface area contributed by atoms with Crippen LogP contribution in [0.4, 0.5) is 0 Å². The molecular weight excluding hydrogens is 563 g/mol. The maximum atomic E-state index is 13.6. The standard InChI is InChI=1S/C24H23BrCl2N2O6/c1-3-28-19(31)13-6-5-12-14(17(13)20(28)32)9-23(26)21(33)29(10-25)22(34)24(23,27)18(12)11-4-7-16(35-2)15(30)8-11/h4-5,7-8,13-14,17-18,30H,3,6,9-10H2,1-2H3. The van der Waals surface area contributed by atoms with E-state index in [-0.39, 0.29) is 41.7 Å². The summed E-state index contributed by atoms with van der Waals surface area (Å²) in [7, 11) is 1.41. The maximum absolute atomic E-state index is 13.6. The van der Waals surface area contributed by atoms with Crippen molar-refractivity contribution >= 4 is 62.8 Å². The average Bonchev–Trinajstić information content (AvgIpc) is 3.16. The van der Waals surface area contributed by atoms with Crippen LogP contribution in [0, 0.1) is 17.8 Å². The summed E-state index contributed by atoms with van der Waals surface area (Å²) in [5, 5.41) is 10.5. The Morgan fingerprint density at radius 3 is 2.43 bits per heavy atom. The molecule has 1 saturated carbocycles. The highest BCUT2D eigenvalue weighted by Gasteiger charge is 2.76. The molecule has 11 heteroatoms. The van der Waals surface area contributed by atoms with Crippen molar-refractivity contribution in [3.8, 4) is 11.5 Å². The molecule has 2 aliphatic heterocycles. The van der Waals surface area contributed by atoms with E-state index < -0.39 is 45.2 Å². The van der Waals surface area contributed by atoms with Crippen molar-refractivity contribution in [2.75, 3.05) is 19.1 Å². The minimum absolute atomic E-state index is 0.0612. The van der Waals surface area contributed by atoms with E-state index in [2.05, 4.69) is 15.9 Å². The van der Waals surface area contributed by atoms with Crippen molar-refractivity contribution in [2.45, 2.75) is 35.4 Å². The number of aromatic hydroxyl groups is 1. The minimum Gasteiger partial charge on any atom is -0.504 e. The van der Waals surface area contributed by atoms with Crippen LogP contribution in [-0.2, 0) is 19.2 Å². The molecule has 5 rings (SSSR count). The van der Waals surface area contributed by atoms with Crippen LogP contribution in [0.5, 0.6) is 11.5 Å². The zero-order valence-electron chi connectivity index (χ0n) is 19.0. The summed E-state index contributed by atoms with van der Waals surface area (Å²) in [6.07, 6.45) is 2.11. The van der Waals surface area contributed by atoms with Gasteiger partial charge in [-0.2, -0.15) is 0 Å². The second-order valence-electron chi connectivity index (χ2n) is 9.34. The number of likely N-dealkylation sites (tertiary alicyclic amines) is 2. The highest BCUT2D eigenvalue weighted by atomic mass is 79.9. The Bertz CT molecular complexity index is 1210. The number of imide groups is 2. The van der Waals surface area contributed by atoms with Gasteiger partial charge in [0.2, 0.25) is 11.8 Å². The number of methoxy groups -OCH3 is 1. The number of alkyl halides is 3. The summed E-state index contributed by atoms with van der Waals surface area (Å²) in [4.78, 5) is 51.9. The third-order valence-electron chi connectivity index (χ3n) is 7.96. The number of phenols is 1. The molecule has 0 aromatic heterocycles. The number of fused-ring (bicyclic) bond motifs is 4. The lowest BCUT2D eigenvalue weighted by molar-refractivity contribution is -0.141. The number of allylic oxidation sites excluding steroid dienone is 2. The number of phenolic OH excluding ortho intramolecular Hbond substituents is 1. The predicted molar refractivity (Wildman–Crippen MR) is 130 cm³/mol. The second kappa shape index (κ2) is 8.21. The lowest BCUT2D eigenvalue weighted by Gasteiger charge is -2.50. The summed E-state index contributed by atoms with van der Waals surface area (Å²) in [6, 6.07) is 4.65. The average molecular weight is 586 g/mol. The van der Waals surface area contributed by atoms with Crippen LogP contribution in [0.15, 0.2) is 29.8 Å². The van der Waals surface area contributed by atoms with Gasteiger partial charge in [-0.15, -0.1) is 23.2 Å². The van der Waals surface area contributed by atoms with Gasteiger partial charge in [-0.05, 0) is 43.4 Å². The van der Waals surface area contributed by atoms with Gasteiger partial charge in [0, 0.05) is 12.5 Å². The molecular formula is C24H23BrCl2N2O6. The zero-order valence-corrected chi connectivity index (χ0v) is 22.1. The molecule has 0 spiro atoms.